The maximum atomic E-state index is 5.54. The van der Waals surface area contributed by atoms with E-state index in [9.17, 15) is 0 Å². The van der Waals surface area contributed by atoms with Gasteiger partial charge in [0.1, 0.15) is 12.0 Å². The predicted octanol–water partition coefficient (Wildman–Crippen LogP) is 14.8. The highest BCUT2D eigenvalue weighted by Gasteiger charge is 2.28. The summed E-state index contributed by atoms with van der Waals surface area (Å²) >= 11 is 3.63. The molecule has 11 aromatic rings. The second-order valence-electron chi connectivity index (χ2n) is 15.6. The Kier molecular flexibility index (Phi) is 8.47. The Morgan fingerprint density at radius 1 is 0.459 bits per heavy atom. The minimum absolute atomic E-state index is 0.259. The summed E-state index contributed by atoms with van der Waals surface area (Å²) in [5, 5.41) is 6.17. The summed E-state index contributed by atoms with van der Waals surface area (Å²) in [4.78, 5) is 18.6. The van der Waals surface area contributed by atoms with Gasteiger partial charge in [-0.1, -0.05) is 164 Å². The van der Waals surface area contributed by atoms with E-state index in [-0.39, 0.29) is 6.17 Å². The van der Waals surface area contributed by atoms with Gasteiger partial charge in [0.15, 0.2) is 5.84 Å². The lowest BCUT2D eigenvalue weighted by molar-refractivity contribution is 0.383. The predicted molar refractivity (Wildman–Crippen MR) is 260 cm³/mol. The van der Waals surface area contributed by atoms with Crippen LogP contribution >= 0.6 is 22.7 Å². The summed E-state index contributed by atoms with van der Waals surface area (Å²) in [5.41, 5.74) is 11.0. The van der Waals surface area contributed by atoms with Crippen LogP contribution in [0.2, 0.25) is 0 Å². The summed E-state index contributed by atoms with van der Waals surface area (Å²) < 4.78 is 4.89. The summed E-state index contributed by atoms with van der Waals surface area (Å²) in [6.07, 6.45) is -0.259. The molecule has 0 N–H and O–H groups in total. The van der Waals surface area contributed by atoms with Crippen LogP contribution in [-0.2, 0) is 0 Å². The molecule has 1 aliphatic rings. The van der Waals surface area contributed by atoms with Gasteiger partial charge in [0.25, 0.3) is 0 Å². The average molecular weight is 817 g/mol. The molecule has 6 heteroatoms. The molecule has 1 aliphatic heterocycles. The highest BCUT2D eigenvalue weighted by molar-refractivity contribution is 7.26. The van der Waals surface area contributed by atoms with Gasteiger partial charge >= 0.3 is 0 Å². The van der Waals surface area contributed by atoms with Gasteiger partial charge in [-0.05, 0) is 58.1 Å². The zero-order chi connectivity index (χ0) is 40.4. The highest BCUT2D eigenvalue weighted by atomic mass is 32.1. The van der Waals surface area contributed by atoms with Crippen molar-refractivity contribution in [1.29, 1.82) is 0 Å². The Hall–Kier alpha value is -7.25. The van der Waals surface area contributed by atoms with Crippen molar-refractivity contribution >= 4 is 85.6 Å². The maximum Gasteiger partial charge on any atom is 0.160 e. The number of aliphatic imine (C=N–C) groups is 2. The Labute approximate surface area is 361 Å². The van der Waals surface area contributed by atoms with Crippen LogP contribution in [0, 0.1) is 0 Å². The Morgan fingerprint density at radius 2 is 1.05 bits per heavy atom. The number of rotatable bonds is 6. The maximum absolute atomic E-state index is 5.54. The van der Waals surface area contributed by atoms with Gasteiger partial charge in [-0.15, -0.1) is 22.7 Å². The molecular weight excluding hydrogens is 781 g/mol. The zero-order valence-electron chi connectivity index (χ0n) is 33.2. The normalized spacial score (nSPS) is 14.3. The van der Waals surface area contributed by atoms with Crippen LogP contribution in [0.25, 0.3) is 84.8 Å². The molecule has 12 rings (SSSR count). The number of pyridine rings is 1. The van der Waals surface area contributed by atoms with Gasteiger partial charge in [0.05, 0.1) is 15.9 Å². The van der Waals surface area contributed by atoms with Crippen molar-refractivity contribution in [2.24, 2.45) is 9.98 Å². The molecule has 288 valence electrons. The van der Waals surface area contributed by atoms with Crippen LogP contribution in [0.15, 0.2) is 204 Å². The second kappa shape index (κ2) is 14.5. The Balaban J connectivity index is 1.02. The van der Waals surface area contributed by atoms with Gasteiger partial charge in [0.2, 0.25) is 0 Å². The van der Waals surface area contributed by atoms with E-state index in [0.717, 1.165) is 45.1 Å². The third kappa shape index (κ3) is 5.98. The molecule has 0 amide bonds. The van der Waals surface area contributed by atoms with E-state index in [4.69, 9.17) is 15.0 Å². The van der Waals surface area contributed by atoms with Crippen molar-refractivity contribution in [1.82, 2.24) is 9.88 Å². The van der Waals surface area contributed by atoms with E-state index in [1.165, 1.54) is 68.0 Å². The Morgan fingerprint density at radius 3 is 1.87 bits per heavy atom. The van der Waals surface area contributed by atoms with Gasteiger partial charge in [0, 0.05) is 64.8 Å². The molecule has 1 atom stereocenters. The summed E-state index contributed by atoms with van der Waals surface area (Å²) in [5.74, 6) is 1.61. The van der Waals surface area contributed by atoms with Crippen molar-refractivity contribution < 1.29 is 0 Å². The number of amidine groups is 2. The number of aromatic nitrogens is 1. The third-order valence-corrected chi connectivity index (χ3v) is 14.3. The van der Waals surface area contributed by atoms with Crippen molar-refractivity contribution in [3.05, 3.63) is 211 Å². The molecular formula is C55H36N4S2. The van der Waals surface area contributed by atoms with Crippen LogP contribution in [0.4, 0.5) is 0 Å². The first-order valence-corrected chi connectivity index (χ1v) is 22.2. The molecule has 0 bridgehead atoms. The fourth-order valence-corrected chi connectivity index (χ4v) is 11.4. The number of thiophene rings is 2. The van der Waals surface area contributed by atoms with Gasteiger partial charge < -0.3 is 4.90 Å². The summed E-state index contributed by atoms with van der Waals surface area (Å²) in [6, 6.07) is 69.3. The summed E-state index contributed by atoms with van der Waals surface area (Å²) in [6.45, 7) is 0. The smallest absolute Gasteiger partial charge is 0.160 e. The molecule has 4 heterocycles. The molecule has 0 spiro atoms. The van der Waals surface area contributed by atoms with E-state index in [1.807, 2.05) is 22.7 Å². The monoisotopic (exact) mass is 816 g/mol. The average Bonchev–Trinajstić information content (AvgIpc) is 3.91. The number of hydrogen-bond acceptors (Lipinski definition) is 6. The third-order valence-electron chi connectivity index (χ3n) is 11.9. The first-order valence-electron chi connectivity index (χ1n) is 20.5. The molecule has 0 aliphatic carbocycles. The first-order chi connectivity index (χ1) is 30.2. The lowest BCUT2D eigenvalue weighted by Crippen LogP contribution is -2.35. The minimum Gasteiger partial charge on any atom is -0.333 e. The second-order valence-corrected chi connectivity index (χ2v) is 17.7. The molecule has 1 unspecified atom stereocenters. The van der Waals surface area contributed by atoms with Gasteiger partial charge in [-0.3, -0.25) is 0 Å². The van der Waals surface area contributed by atoms with E-state index in [0.29, 0.717) is 0 Å². The van der Waals surface area contributed by atoms with Crippen molar-refractivity contribution in [2.75, 3.05) is 7.05 Å². The largest absolute Gasteiger partial charge is 0.333 e. The highest BCUT2D eigenvalue weighted by Crippen LogP contribution is 2.46. The van der Waals surface area contributed by atoms with E-state index in [2.05, 4.69) is 206 Å². The topological polar surface area (TPSA) is 40.9 Å². The molecule has 0 fully saturated rings. The zero-order valence-corrected chi connectivity index (χ0v) is 34.8. The first kappa shape index (κ1) is 35.7. The molecule has 3 aromatic heterocycles. The van der Waals surface area contributed by atoms with Gasteiger partial charge in [-0.25, -0.2) is 15.0 Å². The minimum atomic E-state index is -0.259. The van der Waals surface area contributed by atoms with E-state index in [1.54, 1.807) is 0 Å². The van der Waals surface area contributed by atoms with Crippen molar-refractivity contribution in [2.45, 2.75) is 6.17 Å². The van der Waals surface area contributed by atoms with Crippen LogP contribution in [0.3, 0.4) is 0 Å². The van der Waals surface area contributed by atoms with E-state index >= 15 is 0 Å². The fourth-order valence-electron chi connectivity index (χ4n) is 9.01. The van der Waals surface area contributed by atoms with Crippen molar-refractivity contribution in [3.8, 4) is 33.5 Å². The molecule has 0 saturated heterocycles. The summed E-state index contributed by atoms with van der Waals surface area (Å²) in [7, 11) is 2.11. The number of hydrogen-bond donors (Lipinski definition) is 0. The quantitative estimate of drug-likeness (QED) is 0.168. The molecule has 8 aromatic carbocycles. The van der Waals surface area contributed by atoms with Crippen LogP contribution in [0.1, 0.15) is 22.9 Å². The lowest BCUT2D eigenvalue weighted by Gasteiger charge is -2.32. The lowest BCUT2D eigenvalue weighted by atomic mass is 9.94. The molecule has 4 nitrogen and oxygen atoms in total. The molecule has 0 saturated carbocycles. The molecule has 0 radical (unpaired) electrons. The SMILES string of the molecule is CN1C(c2cccc(-c3nc4cccc(-c5ccc(-c6ccccc6)cc5)c4c4c3sc3ccccc34)c2)=NC(c2cccc3c2sc2ccccc23)=NC1c1ccccc1. The van der Waals surface area contributed by atoms with Crippen molar-refractivity contribution in [3.63, 3.8) is 0 Å². The number of fused-ring (bicyclic) bond motifs is 8. The van der Waals surface area contributed by atoms with Crippen LogP contribution < -0.4 is 0 Å². The Bertz CT molecular complexity index is 3550. The standard InChI is InChI=1S/C55H36N4S2/c1-59-54(37-17-6-3-7-18-37)57-53(44-25-13-24-42-41-21-8-10-27-46(41)60-51(42)44)58-55(59)39-20-12-19-38(33-39)50-52-49(43-22-9-11-28-47(43)61-52)48-40(23-14-26-45(48)56-50)36-31-29-35(30-32-36)34-15-4-2-5-16-34/h2-33,54H,1H3. The fraction of sp³-hybridized carbons (Fsp3) is 0.0364. The molecule has 61 heavy (non-hydrogen) atoms. The van der Waals surface area contributed by atoms with Crippen LogP contribution in [-0.4, -0.2) is 28.6 Å². The number of nitrogens with zero attached hydrogens (tertiary/aromatic N) is 4. The number of benzene rings is 8. The van der Waals surface area contributed by atoms with Crippen LogP contribution in [0.5, 0.6) is 0 Å². The van der Waals surface area contributed by atoms with Gasteiger partial charge in [-0.2, -0.15) is 0 Å². The van der Waals surface area contributed by atoms with E-state index < -0.39 is 0 Å².